The van der Waals surface area contributed by atoms with Crippen LogP contribution in [0.2, 0.25) is 10.0 Å². The van der Waals surface area contributed by atoms with Crippen LogP contribution in [0.25, 0.3) is 0 Å². The number of hydrogen-bond acceptors (Lipinski definition) is 2. The lowest BCUT2D eigenvalue weighted by Crippen LogP contribution is -2.44. The van der Waals surface area contributed by atoms with E-state index in [1.54, 1.807) is 18.2 Å². The average molecular weight is 286 g/mol. The Balaban J connectivity index is 2.46. The van der Waals surface area contributed by atoms with Crippen LogP contribution < -0.4 is 5.32 Å². The van der Waals surface area contributed by atoms with Gasteiger partial charge in [-0.3, -0.25) is 14.9 Å². The number of rotatable bonds is 2. The van der Waals surface area contributed by atoms with E-state index in [2.05, 4.69) is 5.32 Å². The van der Waals surface area contributed by atoms with Crippen molar-refractivity contribution in [1.29, 1.82) is 0 Å². The third-order valence-corrected chi connectivity index (χ3v) is 3.96. The number of nitrogens with one attached hydrogen (secondary N) is 1. The lowest BCUT2D eigenvalue weighted by molar-refractivity contribution is -0.137. The molecule has 1 aromatic rings. The van der Waals surface area contributed by atoms with Crippen molar-refractivity contribution in [1.82, 2.24) is 5.32 Å². The second-order valence-corrected chi connectivity index (χ2v) is 5.19. The van der Waals surface area contributed by atoms with Crippen molar-refractivity contribution < 1.29 is 9.59 Å². The maximum Gasteiger partial charge on any atom is 0.230 e. The fourth-order valence-corrected chi connectivity index (χ4v) is 3.12. The lowest BCUT2D eigenvalue weighted by atomic mass is 9.79. The highest BCUT2D eigenvalue weighted by Crippen LogP contribution is 2.40. The third kappa shape index (κ3) is 2.38. The Hall–Kier alpha value is -1.06. The first kappa shape index (κ1) is 13.4. The van der Waals surface area contributed by atoms with Gasteiger partial charge in [-0.1, -0.05) is 36.2 Å². The highest BCUT2D eigenvalue weighted by Gasteiger charge is 2.37. The third-order valence-electron chi connectivity index (χ3n) is 3.30. The molecular formula is C13H13Cl2NO2. The van der Waals surface area contributed by atoms with Gasteiger partial charge in [0.05, 0.1) is 0 Å². The van der Waals surface area contributed by atoms with Gasteiger partial charge in [0, 0.05) is 28.3 Å². The molecule has 1 fully saturated rings. The molecule has 0 saturated carbocycles. The minimum atomic E-state index is -0.273. The first-order chi connectivity index (χ1) is 8.54. The molecule has 2 atom stereocenters. The Morgan fingerprint density at radius 1 is 1.28 bits per heavy atom. The molecule has 0 aromatic heterocycles. The lowest BCUT2D eigenvalue weighted by Gasteiger charge is -2.30. The fraction of sp³-hybridized carbons (Fsp3) is 0.385. The molecule has 18 heavy (non-hydrogen) atoms. The Bertz CT molecular complexity index is 482. The fourth-order valence-electron chi connectivity index (χ4n) is 2.44. The highest BCUT2D eigenvalue weighted by atomic mass is 35.5. The van der Waals surface area contributed by atoms with Crippen LogP contribution in [0.15, 0.2) is 18.2 Å². The molecule has 1 N–H and O–H groups in total. The van der Waals surface area contributed by atoms with E-state index in [9.17, 15) is 9.59 Å². The number of piperidine rings is 1. The minimum Gasteiger partial charge on any atom is -0.296 e. The molecule has 1 aliphatic heterocycles. The standard InChI is InChI=1S/C13H13Cl2NO2/c1-2-7-8(6-11(17)16-13(7)18)12-9(14)4-3-5-10(12)15/h3-5,7-8H,2,6H2,1H3,(H,16,17,18). The summed E-state index contributed by atoms with van der Waals surface area (Å²) in [4.78, 5) is 23.3. The maximum atomic E-state index is 11.8. The number of amides is 2. The van der Waals surface area contributed by atoms with Crippen LogP contribution in [0.4, 0.5) is 0 Å². The van der Waals surface area contributed by atoms with E-state index in [4.69, 9.17) is 23.2 Å². The molecule has 96 valence electrons. The van der Waals surface area contributed by atoms with Gasteiger partial charge in [0.1, 0.15) is 0 Å². The second kappa shape index (κ2) is 5.29. The quantitative estimate of drug-likeness (QED) is 0.849. The largest absolute Gasteiger partial charge is 0.296 e. The number of imide groups is 1. The van der Waals surface area contributed by atoms with E-state index in [1.807, 2.05) is 6.92 Å². The zero-order valence-corrected chi connectivity index (χ0v) is 11.4. The number of benzene rings is 1. The summed E-state index contributed by atoms with van der Waals surface area (Å²) in [6, 6.07) is 5.21. The molecular weight excluding hydrogens is 273 g/mol. The van der Waals surface area contributed by atoms with Gasteiger partial charge in [-0.25, -0.2) is 0 Å². The normalized spacial score (nSPS) is 23.9. The van der Waals surface area contributed by atoms with E-state index in [0.29, 0.717) is 22.0 Å². The summed E-state index contributed by atoms with van der Waals surface area (Å²) in [6.45, 7) is 1.91. The predicted molar refractivity (Wildman–Crippen MR) is 70.8 cm³/mol. The zero-order valence-electron chi connectivity index (χ0n) is 9.87. The SMILES string of the molecule is CCC1C(=O)NC(=O)CC1c1c(Cl)cccc1Cl. The molecule has 1 aromatic carbocycles. The topological polar surface area (TPSA) is 46.2 Å². The number of hydrogen-bond donors (Lipinski definition) is 1. The Morgan fingerprint density at radius 3 is 2.44 bits per heavy atom. The van der Waals surface area contributed by atoms with E-state index in [0.717, 1.165) is 0 Å². The van der Waals surface area contributed by atoms with E-state index < -0.39 is 0 Å². The zero-order chi connectivity index (χ0) is 13.3. The number of carbonyl (C=O) groups is 2. The molecule has 0 radical (unpaired) electrons. The van der Waals surface area contributed by atoms with Gasteiger partial charge in [0.25, 0.3) is 0 Å². The van der Waals surface area contributed by atoms with Gasteiger partial charge in [0.15, 0.2) is 0 Å². The molecule has 2 unspecified atom stereocenters. The van der Waals surface area contributed by atoms with Gasteiger partial charge in [0.2, 0.25) is 11.8 Å². The molecule has 1 saturated heterocycles. The molecule has 0 spiro atoms. The average Bonchev–Trinajstić information content (AvgIpc) is 2.28. The van der Waals surface area contributed by atoms with Crippen molar-refractivity contribution >= 4 is 35.0 Å². The van der Waals surface area contributed by atoms with Crippen LogP contribution in [0.5, 0.6) is 0 Å². The monoisotopic (exact) mass is 285 g/mol. The minimum absolute atomic E-state index is 0.238. The predicted octanol–water partition coefficient (Wildman–Crippen LogP) is 3.15. The van der Waals surface area contributed by atoms with Crippen molar-refractivity contribution in [3.63, 3.8) is 0 Å². The molecule has 3 nitrogen and oxygen atoms in total. The van der Waals surface area contributed by atoms with E-state index in [-0.39, 0.29) is 30.1 Å². The maximum absolute atomic E-state index is 11.8. The van der Waals surface area contributed by atoms with Crippen LogP contribution in [0.3, 0.4) is 0 Å². The molecule has 2 rings (SSSR count). The van der Waals surface area contributed by atoms with Crippen molar-refractivity contribution in [3.05, 3.63) is 33.8 Å². The summed E-state index contributed by atoms with van der Waals surface area (Å²) < 4.78 is 0. The number of halogens is 2. The molecule has 2 amide bonds. The molecule has 5 heteroatoms. The van der Waals surface area contributed by atoms with Crippen molar-refractivity contribution in [2.75, 3.05) is 0 Å². The van der Waals surface area contributed by atoms with Crippen molar-refractivity contribution in [2.45, 2.75) is 25.7 Å². The van der Waals surface area contributed by atoms with Crippen LogP contribution in [0, 0.1) is 5.92 Å². The van der Waals surface area contributed by atoms with Crippen LogP contribution in [-0.2, 0) is 9.59 Å². The van der Waals surface area contributed by atoms with Crippen LogP contribution in [0.1, 0.15) is 31.2 Å². The highest BCUT2D eigenvalue weighted by molar-refractivity contribution is 6.36. The smallest absolute Gasteiger partial charge is 0.230 e. The van der Waals surface area contributed by atoms with Crippen LogP contribution in [-0.4, -0.2) is 11.8 Å². The van der Waals surface area contributed by atoms with Gasteiger partial charge in [-0.15, -0.1) is 0 Å². The summed E-state index contributed by atoms with van der Waals surface area (Å²) in [5.74, 6) is -1.02. The summed E-state index contributed by atoms with van der Waals surface area (Å²) in [7, 11) is 0. The Labute approximate surface area is 115 Å². The van der Waals surface area contributed by atoms with Crippen molar-refractivity contribution in [3.8, 4) is 0 Å². The van der Waals surface area contributed by atoms with Gasteiger partial charge < -0.3 is 0 Å². The second-order valence-electron chi connectivity index (χ2n) is 4.37. The number of carbonyl (C=O) groups excluding carboxylic acids is 2. The first-order valence-corrected chi connectivity index (χ1v) is 6.57. The molecule has 1 heterocycles. The van der Waals surface area contributed by atoms with Crippen LogP contribution >= 0.6 is 23.2 Å². The molecule has 0 aliphatic carbocycles. The summed E-state index contributed by atoms with van der Waals surface area (Å²) in [5, 5.41) is 3.37. The molecule has 1 aliphatic rings. The summed E-state index contributed by atoms with van der Waals surface area (Å²) >= 11 is 12.3. The van der Waals surface area contributed by atoms with Gasteiger partial charge in [-0.2, -0.15) is 0 Å². The van der Waals surface area contributed by atoms with E-state index >= 15 is 0 Å². The Kier molecular flexibility index (Phi) is 3.93. The summed E-state index contributed by atoms with van der Waals surface area (Å²) in [5.41, 5.74) is 0.705. The van der Waals surface area contributed by atoms with E-state index in [1.165, 1.54) is 0 Å². The van der Waals surface area contributed by atoms with Gasteiger partial charge >= 0.3 is 0 Å². The molecule has 0 bridgehead atoms. The Morgan fingerprint density at radius 2 is 1.89 bits per heavy atom. The van der Waals surface area contributed by atoms with Gasteiger partial charge in [-0.05, 0) is 24.1 Å². The first-order valence-electron chi connectivity index (χ1n) is 5.82. The summed E-state index contributed by atoms with van der Waals surface area (Å²) in [6.07, 6.45) is 0.888. The van der Waals surface area contributed by atoms with Crippen molar-refractivity contribution in [2.24, 2.45) is 5.92 Å².